The highest BCUT2D eigenvalue weighted by Gasteiger charge is 2.37. The zero-order valence-electron chi connectivity index (χ0n) is 9.25. The monoisotopic (exact) mass is 295 g/mol. The van der Waals surface area contributed by atoms with Gasteiger partial charge in [0.05, 0.1) is 0 Å². The van der Waals surface area contributed by atoms with Gasteiger partial charge in [-0.25, -0.2) is 0 Å². The van der Waals surface area contributed by atoms with Gasteiger partial charge in [0.1, 0.15) is 17.0 Å². The summed E-state index contributed by atoms with van der Waals surface area (Å²) >= 11 is 18.1. The SMILES string of the molecule is Cc1onc(C2C(Cl)CCCC2Cl)c1C(=O)Cl. The summed E-state index contributed by atoms with van der Waals surface area (Å²) in [6.45, 7) is 1.65. The van der Waals surface area contributed by atoms with Crippen LogP contribution < -0.4 is 0 Å². The summed E-state index contributed by atoms with van der Waals surface area (Å²) in [6, 6.07) is 0. The molecule has 1 aromatic heterocycles. The zero-order chi connectivity index (χ0) is 12.6. The predicted molar refractivity (Wildman–Crippen MR) is 67.3 cm³/mol. The fourth-order valence-corrected chi connectivity index (χ4v) is 3.49. The average Bonchev–Trinajstić information content (AvgIpc) is 2.60. The summed E-state index contributed by atoms with van der Waals surface area (Å²) in [5, 5.41) is 3.07. The van der Waals surface area contributed by atoms with Gasteiger partial charge < -0.3 is 4.52 Å². The van der Waals surface area contributed by atoms with Crippen molar-refractivity contribution in [3.05, 3.63) is 17.0 Å². The highest BCUT2D eigenvalue weighted by molar-refractivity contribution is 6.68. The molecule has 0 saturated heterocycles. The summed E-state index contributed by atoms with van der Waals surface area (Å²) in [5.74, 6) is 0.237. The third-order valence-corrected chi connectivity index (χ3v) is 4.31. The van der Waals surface area contributed by atoms with Gasteiger partial charge in [-0.05, 0) is 31.4 Å². The van der Waals surface area contributed by atoms with Crippen molar-refractivity contribution in [2.75, 3.05) is 0 Å². The summed E-state index contributed by atoms with van der Waals surface area (Å²) < 4.78 is 5.03. The van der Waals surface area contributed by atoms with Gasteiger partial charge in [0, 0.05) is 16.7 Å². The molecule has 94 valence electrons. The Morgan fingerprint density at radius 3 is 2.47 bits per heavy atom. The lowest BCUT2D eigenvalue weighted by atomic mass is 9.84. The van der Waals surface area contributed by atoms with Crippen molar-refractivity contribution in [3.63, 3.8) is 0 Å². The molecule has 2 rings (SSSR count). The fourth-order valence-electron chi connectivity index (χ4n) is 2.29. The number of nitrogens with zero attached hydrogens (tertiary/aromatic N) is 1. The van der Waals surface area contributed by atoms with E-state index in [1.165, 1.54) is 0 Å². The minimum atomic E-state index is -0.572. The minimum Gasteiger partial charge on any atom is -0.361 e. The van der Waals surface area contributed by atoms with Gasteiger partial charge in [-0.15, -0.1) is 23.2 Å². The molecule has 2 atom stereocenters. The van der Waals surface area contributed by atoms with Gasteiger partial charge in [-0.1, -0.05) is 11.6 Å². The van der Waals surface area contributed by atoms with E-state index in [0.717, 1.165) is 19.3 Å². The van der Waals surface area contributed by atoms with Crippen molar-refractivity contribution in [2.24, 2.45) is 0 Å². The summed E-state index contributed by atoms with van der Waals surface area (Å²) in [7, 11) is 0. The number of aryl methyl sites for hydroxylation is 1. The zero-order valence-corrected chi connectivity index (χ0v) is 11.5. The first-order chi connectivity index (χ1) is 8.02. The van der Waals surface area contributed by atoms with E-state index in [1.54, 1.807) is 6.92 Å². The molecule has 17 heavy (non-hydrogen) atoms. The Balaban J connectivity index is 2.41. The maximum atomic E-state index is 11.4. The lowest BCUT2D eigenvalue weighted by molar-refractivity contribution is 0.107. The van der Waals surface area contributed by atoms with Crippen molar-refractivity contribution in [1.29, 1.82) is 0 Å². The average molecular weight is 297 g/mol. The highest BCUT2D eigenvalue weighted by Crippen LogP contribution is 2.41. The molecule has 0 bridgehead atoms. The van der Waals surface area contributed by atoms with E-state index in [-0.39, 0.29) is 16.7 Å². The van der Waals surface area contributed by atoms with E-state index >= 15 is 0 Å². The second-order valence-corrected chi connectivity index (χ2v) is 5.73. The molecule has 0 amide bonds. The van der Waals surface area contributed by atoms with E-state index in [1.807, 2.05) is 0 Å². The predicted octanol–water partition coefficient (Wildman–Crippen LogP) is 3.84. The van der Waals surface area contributed by atoms with Crippen LogP contribution >= 0.6 is 34.8 Å². The molecule has 3 nitrogen and oxygen atoms in total. The number of carbonyl (C=O) groups is 1. The van der Waals surface area contributed by atoms with Crippen LogP contribution in [0.5, 0.6) is 0 Å². The van der Waals surface area contributed by atoms with Crippen molar-refractivity contribution >= 4 is 40.0 Å². The Morgan fingerprint density at radius 1 is 1.35 bits per heavy atom. The van der Waals surface area contributed by atoms with Gasteiger partial charge in [-0.3, -0.25) is 4.79 Å². The molecule has 0 radical (unpaired) electrons. The molecule has 0 N–H and O–H groups in total. The third-order valence-electron chi connectivity index (χ3n) is 3.14. The van der Waals surface area contributed by atoms with Crippen LogP contribution in [0.3, 0.4) is 0 Å². The molecular weight excluding hydrogens is 284 g/mol. The molecule has 2 unspecified atom stereocenters. The van der Waals surface area contributed by atoms with Crippen LogP contribution in [0.1, 0.15) is 47.0 Å². The molecule has 0 aromatic carbocycles. The van der Waals surface area contributed by atoms with Crippen LogP contribution in [-0.2, 0) is 0 Å². The molecule has 0 spiro atoms. The molecule has 6 heteroatoms. The second kappa shape index (κ2) is 5.17. The van der Waals surface area contributed by atoms with E-state index in [4.69, 9.17) is 39.3 Å². The molecule has 1 aliphatic rings. The maximum absolute atomic E-state index is 11.4. The number of hydrogen-bond donors (Lipinski definition) is 0. The molecule has 1 aliphatic carbocycles. The van der Waals surface area contributed by atoms with E-state index < -0.39 is 5.24 Å². The Hall–Kier alpha value is -0.250. The number of alkyl halides is 2. The Bertz CT molecular complexity index is 422. The largest absolute Gasteiger partial charge is 0.361 e. The second-order valence-electron chi connectivity index (χ2n) is 4.26. The first-order valence-electron chi connectivity index (χ1n) is 5.46. The van der Waals surface area contributed by atoms with Crippen LogP contribution in [-0.4, -0.2) is 21.2 Å². The summed E-state index contributed by atoms with van der Waals surface area (Å²) in [5.41, 5.74) is 0.817. The lowest BCUT2D eigenvalue weighted by Crippen LogP contribution is -2.29. The van der Waals surface area contributed by atoms with Crippen LogP contribution in [0.2, 0.25) is 0 Å². The summed E-state index contributed by atoms with van der Waals surface area (Å²) in [4.78, 5) is 11.4. The maximum Gasteiger partial charge on any atom is 0.257 e. The molecular formula is C11H12Cl3NO2. The standard InChI is InChI=1S/C11H12Cl3NO2/c1-5-8(11(14)16)10(15-17-5)9-6(12)3-2-4-7(9)13/h6-7,9H,2-4H2,1H3. The van der Waals surface area contributed by atoms with Gasteiger partial charge in [0.2, 0.25) is 0 Å². The smallest absolute Gasteiger partial charge is 0.257 e. The quantitative estimate of drug-likeness (QED) is 0.615. The van der Waals surface area contributed by atoms with Crippen molar-refractivity contribution < 1.29 is 9.32 Å². The van der Waals surface area contributed by atoms with Crippen LogP contribution in [0.4, 0.5) is 0 Å². The molecule has 1 fully saturated rings. The van der Waals surface area contributed by atoms with E-state index in [0.29, 0.717) is 17.0 Å². The Labute approximate surface area is 114 Å². The molecule has 1 heterocycles. The molecule has 1 aromatic rings. The van der Waals surface area contributed by atoms with Gasteiger partial charge in [0.15, 0.2) is 0 Å². The van der Waals surface area contributed by atoms with Gasteiger partial charge in [-0.2, -0.15) is 0 Å². The first kappa shape index (κ1) is 13.2. The number of hydrogen-bond acceptors (Lipinski definition) is 3. The van der Waals surface area contributed by atoms with E-state index in [2.05, 4.69) is 5.16 Å². The van der Waals surface area contributed by atoms with Crippen LogP contribution in [0, 0.1) is 6.92 Å². The molecule has 0 aliphatic heterocycles. The fraction of sp³-hybridized carbons (Fsp3) is 0.636. The number of aromatic nitrogens is 1. The number of carbonyl (C=O) groups excluding carboxylic acids is 1. The molecule has 1 saturated carbocycles. The van der Waals surface area contributed by atoms with Crippen molar-refractivity contribution in [3.8, 4) is 0 Å². The van der Waals surface area contributed by atoms with E-state index in [9.17, 15) is 4.79 Å². The number of rotatable bonds is 2. The number of halogens is 3. The Morgan fingerprint density at radius 2 is 1.94 bits per heavy atom. The van der Waals surface area contributed by atoms with Crippen LogP contribution in [0.25, 0.3) is 0 Å². The van der Waals surface area contributed by atoms with Crippen LogP contribution in [0.15, 0.2) is 4.52 Å². The topological polar surface area (TPSA) is 43.1 Å². The van der Waals surface area contributed by atoms with Gasteiger partial charge in [0.25, 0.3) is 5.24 Å². The Kier molecular flexibility index (Phi) is 4.01. The van der Waals surface area contributed by atoms with Crippen molar-refractivity contribution in [2.45, 2.75) is 42.9 Å². The first-order valence-corrected chi connectivity index (χ1v) is 6.71. The third kappa shape index (κ3) is 2.47. The highest BCUT2D eigenvalue weighted by atomic mass is 35.5. The van der Waals surface area contributed by atoms with Crippen molar-refractivity contribution in [1.82, 2.24) is 5.16 Å². The normalized spacial score (nSPS) is 29.3. The summed E-state index contributed by atoms with van der Waals surface area (Å²) in [6.07, 6.45) is 2.70. The van der Waals surface area contributed by atoms with Gasteiger partial charge >= 0.3 is 0 Å². The minimum absolute atomic E-state index is 0.134. The lowest BCUT2D eigenvalue weighted by Gasteiger charge is -2.30.